The van der Waals surface area contributed by atoms with Crippen molar-refractivity contribution in [3.05, 3.63) is 63.2 Å². The minimum absolute atomic E-state index is 0.0298. The summed E-state index contributed by atoms with van der Waals surface area (Å²) < 4.78 is 5.43. The zero-order valence-corrected chi connectivity index (χ0v) is 26.4. The number of ketones is 1. The third-order valence-electron chi connectivity index (χ3n) is 9.18. The number of nitrogens with zero attached hydrogens (tertiary/aromatic N) is 2. The Bertz CT molecular complexity index is 1420. The van der Waals surface area contributed by atoms with E-state index in [0.717, 1.165) is 41.0 Å². The maximum atomic E-state index is 13.8. The highest BCUT2D eigenvalue weighted by atomic mass is 16.7. The van der Waals surface area contributed by atoms with E-state index in [2.05, 4.69) is 5.16 Å². The number of fused-ring (bicyclic) bond motifs is 3. The fourth-order valence-electron chi connectivity index (χ4n) is 6.74. The Morgan fingerprint density at radius 2 is 1.64 bits per heavy atom. The lowest BCUT2D eigenvalue weighted by Gasteiger charge is -2.29. The molecule has 0 aliphatic heterocycles. The number of nitro groups is 1. The van der Waals surface area contributed by atoms with Crippen molar-refractivity contribution in [2.75, 3.05) is 6.61 Å². The predicted octanol–water partition coefficient (Wildman–Crippen LogP) is 8.10. The van der Waals surface area contributed by atoms with E-state index in [1.165, 1.54) is 31.7 Å². The van der Waals surface area contributed by atoms with E-state index in [4.69, 9.17) is 9.57 Å². The van der Waals surface area contributed by atoms with Gasteiger partial charge in [0.2, 0.25) is 5.78 Å². The Morgan fingerprint density at radius 1 is 0.977 bits per heavy atom. The molecule has 1 saturated carbocycles. The number of oxime groups is 1. The second-order valence-electron chi connectivity index (χ2n) is 12.5. The number of hydrogen-bond donors (Lipinski definition) is 0. The molecule has 0 amide bonds. The molecule has 44 heavy (non-hydrogen) atoms. The van der Waals surface area contributed by atoms with E-state index < -0.39 is 28.1 Å². The van der Waals surface area contributed by atoms with E-state index in [9.17, 15) is 24.5 Å². The van der Waals surface area contributed by atoms with Gasteiger partial charge in [-0.05, 0) is 71.9 Å². The first-order valence-corrected chi connectivity index (χ1v) is 16.0. The van der Waals surface area contributed by atoms with Crippen molar-refractivity contribution >= 4 is 29.1 Å². The lowest BCUT2D eigenvalue weighted by Crippen LogP contribution is -2.24. The van der Waals surface area contributed by atoms with Crippen molar-refractivity contribution in [1.82, 2.24) is 0 Å². The van der Waals surface area contributed by atoms with Gasteiger partial charge in [-0.2, -0.15) is 0 Å². The molecule has 2 aromatic rings. The molecule has 4 rings (SSSR count). The summed E-state index contributed by atoms with van der Waals surface area (Å²) >= 11 is 0. The Morgan fingerprint density at radius 3 is 2.27 bits per heavy atom. The minimum Gasteiger partial charge on any atom is -0.466 e. The molecule has 236 valence electrons. The van der Waals surface area contributed by atoms with Gasteiger partial charge in [0.15, 0.2) is 0 Å². The van der Waals surface area contributed by atoms with Crippen LogP contribution < -0.4 is 0 Å². The predicted molar refractivity (Wildman–Crippen MR) is 169 cm³/mol. The lowest BCUT2D eigenvalue weighted by molar-refractivity contribution is -0.384. The van der Waals surface area contributed by atoms with Crippen LogP contribution in [0.2, 0.25) is 0 Å². The van der Waals surface area contributed by atoms with Crippen LogP contribution in [-0.2, 0) is 24.6 Å². The van der Waals surface area contributed by atoms with Crippen LogP contribution >= 0.6 is 0 Å². The molecule has 1 fully saturated rings. The standard InChI is InChI=1S/C35H44N2O7/c1-5-35(6-2)29-21-25(13-15-27(29)28-16-14-26(37(41)42)22-30(28)35)34(40)31(36-44-33(39)20-23(3)4)17-18-32(38)43-19-9-12-24-10-7-8-11-24/h13-16,21-24H,5-12,17-20H2,1-4H3/b36-31+. The van der Waals surface area contributed by atoms with Crippen molar-refractivity contribution < 1.29 is 28.9 Å². The number of rotatable bonds is 15. The zero-order chi connectivity index (χ0) is 31.9. The zero-order valence-electron chi connectivity index (χ0n) is 26.4. The highest BCUT2D eigenvalue weighted by Crippen LogP contribution is 2.53. The van der Waals surface area contributed by atoms with E-state index in [1.807, 2.05) is 39.8 Å². The number of benzene rings is 2. The van der Waals surface area contributed by atoms with Gasteiger partial charge in [-0.25, -0.2) is 4.79 Å². The Hall–Kier alpha value is -3.88. The number of ether oxygens (including phenoxy) is 1. The van der Waals surface area contributed by atoms with Gasteiger partial charge < -0.3 is 9.57 Å². The molecule has 0 spiro atoms. The van der Waals surface area contributed by atoms with Crippen LogP contribution in [0.25, 0.3) is 11.1 Å². The second-order valence-corrected chi connectivity index (χ2v) is 12.5. The molecule has 0 atom stereocenters. The maximum absolute atomic E-state index is 13.8. The van der Waals surface area contributed by atoms with Crippen LogP contribution in [0.1, 0.15) is 120 Å². The normalized spacial score (nSPS) is 15.6. The Balaban J connectivity index is 1.54. The number of carbonyl (C=O) groups excluding carboxylic acids is 3. The molecule has 2 aliphatic carbocycles. The number of non-ortho nitro benzene ring substituents is 1. The molecule has 0 bridgehead atoms. The SMILES string of the molecule is CCC1(CC)c2cc(C(=O)/C(CCC(=O)OCCCC3CCCC3)=N/OC(=O)CC(C)C)ccc2-c2ccc([N+](=O)[O-])cc21. The summed E-state index contributed by atoms with van der Waals surface area (Å²) in [6.07, 6.45) is 8.33. The summed E-state index contributed by atoms with van der Waals surface area (Å²) in [5.41, 5.74) is 3.48. The highest BCUT2D eigenvalue weighted by Gasteiger charge is 2.42. The summed E-state index contributed by atoms with van der Waals surface area (Å²) in [6, 6.07) is 10.3. The van der Waals surface area contributed by atoms with Crippen LogP contribution in [0, 0.1) is 22.0 Å². The highest BCUT2D eigenvalue weighted by molar-refractivity contribution is 6.46. The fraction of sp³-hybridized carbons (Fsp3) is 0.543. The van der Waals surface area contributed by atoms with Gasteiger partial charge in [0, 0.05) is 29.5 Å². The minimum atomic E-state index is -0.554. The number of Topliss-reactive ketones (excluding diaryl/α,β-unsaturated/α-hetero) is 1. The lowest BCUT2D eigenvalue weighted by atomic mass is 9.73. The third kappa shape index (κ3) is 7.42. The third-order valence-corrected chi connectivity index (χ3v) is 9.18. The number of nitro benzene ring substituents is 1. The van der Waals surface area contributed by atoms with Crippen LogP contribution in [-0.4, -0.2) is 35.0 Å². The van der Waals surface area contributed by atoms with Crippen LogP contribution in [0.4, 0.5) is 5.69 Å². The van der Waals surface area contributed by atoms with E-state index in [1.54, 1.807) is 18.2 Å². The second kappa shape index (κ2) is 14.7. The first kappa shape index (κ1) is 33.0. The van der Waals surface area contributed by atoms with Gasteiger partial charge in [0.05, 0.1) is 24.4 Å². The maximum Gasteiger partial charge on any atom is 0.335 e. The topological polar surface area (TPSA) is 125 Å². The molecular weight excluding hydrogens is 560 g/mol. The van der Waals surface area contributed by atoms with Crippen LogP contribution in [0.3, 0.4) is 0 Å². The summed E-state index contributed by atoms with van der Waals surface area (Å²) in [5.74, 6) is -0.641. The monoisotopic (exact) mass is 604 g/mol. The summed E-state index contributed by atoms with van der Waals surface area (Å²) in [5, 5.41) is 15.5. The van der Waals surface area contributed by atoms with Gasteiger partial charge in [-0.15, -0.1) is 0 Å². The van der Waals surface area contributed by atoms with Crippen molar-refractivity contribution in [1.29, 1.82) is 0 Å². The summed E-state index contributed by atoms with van der Waals surface area (Å²) in [4.78, 5) is 55.0. The smallest absolute Gasteiger partial charge is 0.335 e. The Labute approximate surface area is 259 Å². The molecular formula is C35H44N2O7. The molecule has 0 N–H and O–H groups in total. The molecule has 9 heteroatoms. The molecule has 0 unspecified atom stereocenters. The number of hydrogen-bond acceptors (Lipinski definition) is 8. The van der Waals surface area contributed by atoms with Gasteiger partial charge in [0.1, 0.15) is 5.71 Å². The average molecular weight is 605 g/mol. The molecule has 0 heterocycles. The summed E-state index contributed by atoms with van der Waals surface area (Å²) in [7, 11) is 0. The molecule has 0 saturated heterocycles. The van der Waals surface area contributed by atoms with Crippen molar-refractivity contribution in [3.8, 4) is 11.1 Å². The van der Waals surface area contributed by atoms with Crippen molar-refractivity contribution in [2.45, 2.75) is 104 Å². The van der Waals surface area contributed by atoms with E-state index in [0.29, 0.717) is 25.0 Å². The largest absolute Gasteiger partial charge is 0.466 e. The number of esters is 1. The molecule has 2 aromatic carbocycles. The van der Waals surface area contributed by atoms with Crippen molar-refractivity contribution in [2.24, 2.45) is 17.0 Å². The molecule has 2 aliphatic rings. The molecule has 0 aromatic heterocycles. The first-order chi connectivity index (χ1) is 21.1. The van der Waals surface area contributed by atoms with Crippen LogP contribution in [0.15, 0.2) is 41.6 Å². The van der Waals surface area contributed by atoms with Gasteiger partial charge in [-0.3, -0.25) is 19.7 Å². The van der Waals surface area contributed by atoms with Crippen molar-refractivity contribution in [3.63, 3.8) is 0 Å². The summed E-state index contributed by atoms with van der Waals surface area (Å²) in [6.45, 7) is 8.18. The van der Waals surface area contributed by atoms with Crippen LogP contribution in [0.5, 0.6) is 0 Å². The van der Waals surface area contributed by atoms with Gasteiger partial charge >= 0.3 is 11.9 Å². The molecule has 9 nitrogen and oxygen atoms in total. The van der Waals surface area contributed by atoms with Gasteiger partial charge in [-0.1, -0.05) is 70.7 Å². The number of carbonyl (C=O) groups is 3. The fourth-order valence-corrected chi connectivity index (χ4v) is 6.74. The Kier molecular flexibility index (Phi) is 11.1. The average Bonchev–Trinajstić information content (AvgIpc) is 3.62. The van der Waals surface area contributed by atoms with E-state index >= 15 is 0 Å². The first-order valence-electron chi connectivity index (χ1n) is 16.0. The molecule has 0 radical (unpaired) electrons. The van der Waals surface area contributed by atoms with Gasteiger partial charge in [0.25, 0.3) is 5.69 Å². The quantitative estimate of drug-likeness (QED) is 0.0382. The van der Waals surface area contributed by atoms with E-state index in [-0.39, 0.29) is 36.6 Å².